The highest BCUT2D eigenvalue weighted by Crippen LogP contribution is 2.06. The lowest BCUT2D eigenvalue weighted by Crippen LogP contribution is -1.88. The maximum absolute atomic E-state index is 9.37. The topological polar surface area (TPSA) is 57.5 Å². The average Bonchev–Trinajstić information content (AvgIpc) is 2.13. The average molecular weight is 204 g/mol. The van der Waals surface area contributed by atoms with Crippen molar-refractivity contribution in [1.29, 1.82) is 0 Å². The highest BCUT2D eigenvalue weighted by Gasteiger charge is 1.92. The van der Waals surface area contributed by atoms with Crippen LogP contribution in [0.4, 0.5) is 0 Å². The number of carbonyl (C=O) groups is 1. The van der Waals surface area contributed by atoms with Crippen molar-refractivity contribution >= 4 is 5.97 Å². The highest BCUT2D eigenvalue weighted by molar-refractivity contribution is 5.66. The molecule has 0 bridgehead atoms. The van der Waals surface area contributed by atoms with E-state index in [-0.39, 0.29) is 6.42 Å². The van der Waals surface area contributed by atoms with Gasteiger partial charge in [-0.15, -0.1) is 0 Å². The van der Waals surface area contributed by atoms with E-state index in [4.69, 9.17) is 10.2 Å². The predicted octanol–water partition coefficient (Wildman–Crippen LogP) is 2.68. The number of rotatable bonds is 6. The molecule has 0 aromatic carbocycles. The van der Waals surface area contributed by atoms with Gasteiger partial charge in [0.05, 0.1) is 0 Å². The van der Waals surface area contributed by atoms with Gasteiger partial charge in [-0.2, -0.15) is 0 Å². The second-order valence-electron chi connectivity index (χ2n) is 3.71. The Bertz CT molecular complexity index is 122. The minimum absolute atomic E-state index is 0.222. The second-order valence-corrected chi connectivity index (χ2v) is 3.71. The van der Waals surface area contributed by atoms with Crippen LogP contribution in [0.2, 0.25) is 0 Å². The summed E-state index contributed by atoms with van der Waals surface area (Å²) in [4.78, 5) is 9.37. The van der Waals surface area contributed by atoms with E-state index in [0.29, 0.717) is 6.61 Å². The number of aliphatic hydroxyl groups is 1. The summed E-state index contributed by atoms with van der Waals surface area (Å²) < 4.78 is 0. The van der Waals surface area contributed by atoms with Gasteiger partial charge < -0.3 is 10.2 Å². The summed E-state index contributed by atoms with van der Waals surface area (Å²) in [5.74, 6) is 0.0775. The van der Waals surface area contributed by atoms with Crippen LogP contribution in [-0.4, -0.2) is 22.8 Å². The molecule has 0 unspecified atom stereocenters. The molecule has 0 aliphatic heterocycles. The fraction of sp³-hybridized carbons (Fsp3) is 0.909. The van der Waals surface area contributed by atoms with Gasteiger partial charge in [0.1, 0.15) is 0 Å². The van der Waals surface area contributed by atoms with E-state index in [1.165, 1.54) is 19.3 Å². The summed E-state index contributed by atoms with van der Waals surface area (Å²) in [6.07, 6.45) is 4.97. The molecule has 0 saturated carbocycles. The van der Waals surface area contributed by atoms with Gasteiger partial charge in [0.2, 0.25) is 0 Å². The normalized spacial score (nSPS) is 9.50. The van der Waals surface area contributed by atoms with Gasteiger partial charge in [0.15, 0.2) is 0 Å². The lowest BCUT2D eigenvalue weighted by molar-refractivity contribution is -0.136. The maximum atomic E-state index is 9.37. The quantitative estimate of drug-likeness (QED) is 0.654. The number of aliphatic hydroxyl groups excluding tert-OH is 1. The van der Waals surface area contributed by atoms with Gasteiger partial charge in [0, 0.05) is 13.0 Å². The Kier molecular flexibility index (Phi) is 14.1. The predicted molar refractivity (Wildman–Crippen MR) is 58.3 cm³/mol. The van der Waals surface area contributed by atoms with Crippen molar-refractivity contribution in [3.8, 4) is 0 Å². The minimum Gasteiger partial charge on any atom is -0.481 e. The molecule has 0 aliphatic rings. The fourth-order valence-corrected chi connectivity index (χ4v) is 0.841. The van der Waals surface area contributed by atoms with Crippen molar-refractivity contribution in [1.82, 2.24) is 0 Å². The van der Waals surface area contributed by atoms with Crippen molar-refractivity contribution < 1.29 is 15.0 Å². The molecule has 0 spiro atoms. The number of carboxylic acid groups (broad SMARTS) is 1. The molecule has 0 rings (SSSR count). The molecule has 0 radical (unpaired) electrons. The SMILES string of the molecule is CC(C)CCCCCO.CCC(=O)O. The van der Waals surface area contributed by atoms with Crippen LogP contribution in [-0.2, 0) is 4.79 Å². The Labute approximate surface area is 87.1 Å². The lowest BCUT2D eigenvalue weighted by Gasteiger charge is -2.01. The molecule has 0 heterocycles. The van der Waals surface area contributed by atoms with Gasteiger partial charge in [-0.3, -0.25) is 4.79 Å². The highest BCUT2D eigenvalue weighted by atomic mass is 16.4. The van der Waals surface area contributed by atoms with Crippen LogP contribution in [0.25, 0.3) is 0 Å². The third kappa shape index (κ3) is 22.5. The van der Waals surface area contributed by atoms with E-state index in [9.17, 15) is 4.79 Å². The van der Waals surface area contributed by atoms with Crippen molar-refractivity contribution in [3.05, 3.63) is 0 Å². The minimum atomic E-state index is -0.745. The smallest absolute Gasteiger partial charge is 0.303 e. The third-order valence-electron chi connectivity index (χ3n) is 1.74. The summed E-state index contributed by atoms with van der Waals surface area (Å²) in [6.45, 7) is 6.43. The molecule has 14 heavy (non-hydrogen) atoms. The van der Waals surface area contributed by atoms with E-state index < -0.39 is 5.97 Å². The zero-order valence-corrected chi connectivity index (χ0v) is 9.62. The van der Waals surface area contributed by atoms with Crippen molar-refractivity contribution in [3.63, 3.8) is 0 Å². The Morgan fingerprint density at radius 3 is 2.00 bits per heavy atom. The van der Waals surface area contributed by atoms with Crippen LogP contribution in [0.5, 0.6) is 0 Å². The molecule has 0 aliphatic carbocycles. The summed E-state index contributed by atoms with van der Waals surface area (Å²) in [7, 11) is 0. The van der Waals surface area contributed by atoms with Crippen molar-refractivity contribution in [2.45, 2.75) is 52.9 Å². The number of aliphatic carboxylic acids is 1. The Hall–Kier alpha value is -0.570. The summed E-state index contributed by atoms with van der Waals surface area (Å²) >= 11 is 0. The van der Waals surface area contributed by atoms with E-state index in [0.717, 1.165) is 12.3 Å². The van der Waals surface area contributed by atoms with Gasteiger partial charge in [-0.05, 0) is 12.3 Å². The van der Waals surface area contributed by atoms with E-state index in [2.05, 4.69) is 13.8 Å². The monoisotopic (exact) mass is 204 g/mol. The van der Waals surface area contributed by atoms with Gasteiger partial charge in [0.25, 0.3) is 0 Å². The summed E-state index contributed by atoms with van der Waals surface area (Å²) in [5.41, 5.74) is 0. The molecule has 3 nitrogen and oxygen atoms in total. The number of hydrogen-bond donors (Lipinski definition) is 2. The van der Waals surface area contributed by atoms with Crippen LogP contribution in [0.3, 0.4) is 0 Å². The first-order chi connectivity index (χ1) is 6.54. The number of unbranched alkanes of at least 4 members (excludes halogenated alkanes) is 2. The molecule has 0 atom stereocenters. The van der Waals surface area contributed by atoms with Crippen molar-refractivity contribution in [2.24, 2.45) is 5.92 Å². The van der Waals surface area contributed by atoms with E-state index >= 15 is 0 Å². The van der Waals surface area contributed by atoms with E-state index in [1.54, 1.807) is 6.92 Å². The first-order valence-electron chi connectivity index (χ1n) is 5.37. The Morgan fingerprint density at radius 2 is 1.71 bits per heavy atom. The maximum Gasteiger partial charge on any atom is 0.303 e. The van der Waals surface area contributed by atoms with Crippen LogP contribution >= 0.6 is 0 Å². The second kappa shape index (κ2) is 12.4. The fourth-order valence-electron chi connectivity index (χ4n) is 0.841. The van der Waals surface area contributed by atoms with Gasteiger partial charge in [-0.1, -0.05) is 40.0 Å². The number of carboxylic acids is 1. The van der Waals surface area contributed by atoms with Crippen LogP contribution in [0.15, 0.2) is 0 Å². The van der Waals surface area contributed by atoms with Gasteiger partial charge in [-0.25, -0.2) is 0 Å². The molecule has 0 aromatic heterocycles. The molecule has 0 aromatic rings. The summed E-state index contributed by atoms with van der Waals surface area (Å²) in [6, 6.07) is 0. The first-order valence-corrected chi connectivity index (χ1v) is 5.37. The first kappa shape index (κ1) is 15.9. The molecule has 2 N–H and O–H groups in total. The molecule has 0 saturated heterocycles. The van der Waals surface area contributed by atoms with Crippen molar-refractivity contribution in [2.75, 3.05) is 6.61 Å². The Balaban J connectivity index is 0. The van der Waals surface area contributed by atoms with Crippen LogP contribution in [0.1, 0.15) is 52.9 Å². The third-order valence-corrected chi connectivity index (χ3v) is 1.74. The Morgan fingerprint density at radius 1 is 1.21 bits per heavy atom. The van der Waals surface area contributed by atoms with Crippen LogP contribution < -0.4 is 0 Å². The largest absolute Gasteiger partial charge is 0.481 e. The van der Waals surface area contributed by atoms with Gasteiger partial charge >= 0.3 is 5.97 Å². The molecule has 86 valence electrons. The molecule has 3 heteroatoms. The molecular formula is C11H24O3. The molecule has 0 fully saturated rings. The summed E-state index contributed by atoms with van der Waals surface area (Å²) in [5, 5.41) is 16.2. The standard InChI is InChI=1S/C8H18O.C3H6O2/c1-8(2)6-4-3-5-7-9;1-2-3(4)5/h8-9H,3-7H2,1-2H3;2H2,1H3,(H,4,5). The van der Waals surface area contributed by atoms with Crippen LogP contribution in [0, 0.1) is 5.92 Å². The molecular weight excluding hydrogens is 180 g/mol. The van der Waals surface area contributed by atoms with E-state index in [1.807, 2.05) is 0 Å². The zero-order chi connectivity index (χ0) is 11.4. The lowest BCUT2D eigenvalue weighted by atomic mass is 10.1. The number of hydrogen-bond acceptors (Lipinski definition) is 2. The molecule has 0 amide bonds. The zero-order valence-electron chi connectivity index (χ0n) is 9.62.